The molecule has 4 rings (SSSR count). The summed E-state index contributed by atoms with van der Waals surface area (Å²) in [6.07, 6.45) is 1.27. The maximum atomic E-state index is 13.3. The average molecular weight is 480 g/mol. The van der Waals surface area contributed by atoms with Crippen molar-refractivity contribution < 1.29 is 22.6 Å². The van der Waals surface area contributed by atoms with Crippen molar-refractivity contribution in [3.8, 4) is 29.1 Å². The van der Waals surface area contributed by atoms with Crippen LogP contribution in [0, 0.1) is 18.3 Å². The van der Waals surface area contributed by atoms with E-state index in [0.29, 0.717) is 22.8 Å². The van der Waals surface area contributed by atoms with Crippen molar-refractivity contribution in [1.82, 2.24) is 14.8 Å². The molecule has 11 heteroatoms. The molecule has 0 aliphatic rings. The maximum absolute atomic E-state index is 13.3. The van der Waals surface area contributed by atoms with Gasteiger partial charge in [0.05, 0.1) is 27.5 Å². The number of aryl methyl sites for hydroxylation is 1. The number of hydrogen-bond donors (Lipinski definition) is 1. The molecule has 0 amide bonds. The number of ether oxygens (including phenoxy) is 3. The van der Waals surface area contributed by atoms with E-state index in [1.165, 1.54) is 37.2 Å². The second-order valence-electron chi connectivity index (χ2n) is 7.21. The summed E-state index contributed by atoms with van der Waals surface area (Å²) in [6, 6.07) is 13.7. The fourth-order valence-corrected chi connectivity index (χ4v) is 4.77. The standard InChI is InChI=1S/C23H21N5O5S/c1-14-10-21(26-22-17(14)6-5-7-19(22)33-4)28-23(15(12-24)13-25-28)27-34(29,30)20-11-16(31-2)8-9-18(20)32-3/h5-11,13,27H,1-4H3. The van der Waals surface area contributed by atoms with E-state index in [4.69, 9.17) is 14.2 Å². The van der Waals surface area contributed by atoms with Gasteiger partial charge in [0.1, 0.15) is 39.3 Å². The SMILES string of the molecule is COc1ccc(OC)c(S(=O)(=O)Nc2c(C#N)cnn2-c2cc(C)c3cccc(OC)c3n2)c1. The summed E-state index contributed by atoms with van der Waals surface area (Å²) in [7, 11) is 0.125. The van der Waals surface area contributed by atoms with Crippen molar-refractivity contribution in [2.24, 2.45) is 0 Å². The molecule has 0 fully saturated rings. The highest BCUT2D eigenvalue weighted by molar-refractivity contribution is 7.92. The van der Waals surface area contributed by atoms with E-state index >= 15 is 0 Å². The maximum Gasteiger partial charge on any atom is 0.266 e. The zero-order valence-corrected chi connectivity index (χ0v) is 19.7. The highest BCUT2D eigenvalue weighted by Crippen LogP contribution is 2.32. The number of sulfonamides is 1. The van der Waals surface area contributed by atoms with Crippen molar-refractivity contribution in [2.75, 3.05) is 26.1 Å². The van der Waals surface area contributed by atoms with Gasteiger partial charge in [-0.1, -0.05) is 12.1 Å². The Labute approximate surface area is 196 Å². The van der Waals surface area contributed by atoms with Gasteiger partial charge in [0.15, 0.2) is 11.6 Å². The van der Waals surface area contributed by atoms with E-state index in [-0.39, 0.29) is 22.0 Å². The van der Waals surface area contributed by atoms with Crippen molar-refractivity contribution in [2.45, 2.75) is 11.8 Å². The van der Waals surface area contributed by atoms with Gasteiger partial charge in [-0.15, -0.1) is 0 Å². The summed E-state index contributed by atoms with van der Waals surface area (Å²) < 4.78 is 46.2. The number of benzene rings is 2. The summed E-state index contributed by atoms with van der Waals surface area (Å²) in [6.45, 7) is 1.90. The summed E-state index contributed by atoms with van der Waals surface area (Å²) in [4.78, 5) is 4.48. The van der Waals surface area contributed by atoms with Gasteiger partial charge in [0.2, 0.25) is 0 Å². The minimum absolute atomic E-state index is 0.0185. The number of nitrogens with one attached hydrogen (secondary N) is 1. The van der Waals surface area contributed by atoms with Gasteiger partial charge >= 0.3 is 0 Å². The van der Waals surface area contributed by atoms with Crippen LogP contribution < -0.4 is 18.9 Å². The Morgan fingerprint density at radius 2 is 1.79 bits per heavy atom. The molecule has 4 aromatic rings. The molecular weight excluding hydrogens is 458 g/mol. The number of para-hydroxylation sites is 1. The summed E-state index contributed by atoms with van der Waals surface area (Å²) in [5.41, 5.74) is 1.47. The zero-order valence-electron chi connectivity index (χ0n) is 18.9. The van der Waals surface area contributed by atoms with Gasteiger partial charge in [-0.25, -0.2) is 13.4 Å². The summed E-state index contributed by atoms with van der Waals surface area (Å²) in [5.74, 6) is 1.24. The molecule has 2 heterocycles. The number of aromatic nitrogens is 3. The third-order valence-electron chi connectivity index (χ3n) is 5.21. The second kappa shape index (κ2) is 8.92. The van der Waals surface area contributed by atoms with Crippen LogP contribution >= 0.6 is 0 Å². The third kappa shape index (κ3) is 3.95. The van der Waals surface area contributed by atoms with Crippen LogP contribution in [-0.4, -0.2) is 44.5 Å². The highest BCUT2D eigenvalue weighted by Gasteiger charge is 2.25. The molecule has 0 aliphatic carbocycles. The molecule has 0 spiro atoms. The van der Waals surface area contributed by atoms with Gasteiger partial charge in [-0.2, -0.15) is 15.0 Å². The molecule has 0 aliphatic heterocycles. The molecule has 1 N–H and O–H groups in total. The number of pyridine rings is 1. The molecule has 0 saturated heterocycles. The molecule has 0 bridgehead atoms. The van der Waals surface area contributed by atoms with Crippen LogP contribution in [-0.2, 0) is 10.0 Å². The normalized spacial score (nSPS) is 11.1. The van der Waals surface area contributed by atoms with E-state index in [1.807, 2.05) is 25.1 Å². The Morgan fingerprint density at radius 1 is 1.03 bits per heavy atom. The lowest BCUT2D eigenvalue weighted by Gasteiger charge is -2.15. The number of nitrogens with zero attached hydrogens (tertiary/aromatic N) is 4. The number of hydrogen-bond acceptors (Lipinski definition) is 8. The molecule has 0 radical (unpaired) electrons. The Kier molecular flexibility index (Phi) is 6.00. The lowest BCUT2D eigenvalue weighted by molar-refractivity contribution is 0.392. The molecule has 2 aromatic carbocycles. The molecule has 2 aromatic heterocycles. The molecule has 0 atom stereocenters. The Morgan fingerprint density at radius 3 is 2.47 bits per heavy atom. The van der Waals surface area contributed by atoms with Crippen LogP contribution in [0.5, 0.6) is 17.2 Å². The lowest BCUT2D eigenvalue weighted by Crippen LogP contribution is -2.18. The number of fused-ring (bicyclic) bond motifs is 1. The van der Waals surface area contributed by atoms with Gasteiger partial charge in [-0.3, -0.25) is 4.72 Å². The number of nitriles is 1. The van der Waals surface area contributed by atoms with E-state index in [2.05, 4.69) is 14.8 Å². The molecular formula is C23H21N5O5S. The topological polar surface area (TPSA) is 128 Å². The van der Waals surface area contributed by atoms with E-state index < -0.39 is 10.0 Å². The minimum Gasteiger partial charge on any atom is -0.497 e. The van der Waals surface area contributed by atoms with Crippen molar-refractivity contribution in [3.05, 3.63) is 59.8 Å². The second-order valence-corrected chi connectivity index (χ2v) is 8.86. The first-order valence-corrected chi connectivity index (χ1v) is 11.5. The number of anilines is 1. The number of rotatable bonds is 7. The molecule has 10 nitrogen and oxygen atoms in total. The Hall–Kier alpha value is -4.30. The molecule has 34 heavy (non-hydrogen) atoms. The van der Waals surface area contributed by atoms with Crippen LogP contribution in [0.15, 0.2) is 53.6 Å². The summed E-state index contributed by atoms with van der Waals surface area (Å²) >= 11 is 0. The van der Waals surface area contributed by atoms with Crippen molar-refractivity contribution >= 4 is 26.7 Å². The Bertz CT molecular complexity index is 1540. The quantitative estimate of drug-likeness (QED) is 0.427. The van der Waals surface area contributed by atoms with Crippen molar-refractivity contribution in [1.29, 1.82) is 5.26 Å². The Balaban J connectivity index is 1.87. The van der Waals surface area contributed by atoms with E-state index in [1.54, 1.807) is 25.3 Å². The molecule has 0 unspecified atom stereocenters. The minimum atomic E-state index is -4.21. The monoisotopic (exact) mass is 479 g/mol. The fourth-order valence-electron chi connectivity index (χ4n) is 3.53. The first kappa shape index (κ1) is 22.9. The van der Waals surface area contributed by atoms with Gasteiger partial charge in [0.25, 0.3) is 10.0 Å². The first-order valence-electron chi connectivity index (χ1n) is 10.0. The van der Waals surface area contributed by atoms with Crippen molar-refractivity contribution in [3.63, 3.8) is 0 Å². The van der Waals surface area contributed by atoms with Crippen LogP contribution in [0.1, 0.15) is 11.1 Å². The zero-order chi connectivity index (χ0) is 24.5. The van der Waals surface area contributed by atoms with Gasteiger partial charge in [0, 0.05) is 11.5 Å². The largest absolute Gasteiger partial charge is 0.497 e. The summed E-state index contributed by atoms with van der Waals surface area (Å²) in [5, 5.41) is 14.7. The molecule has 0 saturated carbocycles. The fraction of sp³-hybridized carbons (Fsp3) is 0.174. The predicted molar refractivity (Wildman–Crippen MR) is 125 cm³/mol. The predicted octanol–water partition coefficient (Wildman–Crippen LogP) is 3.43. The van der Waals surface area contributed by atoms with Gasteiger partial charge in [-0.05, 0) is 36.8 Å². The van der Waals surface area contributed by atoms with Gasteiger partial charge < -0.3 is 14.2 Å². The van der Waals surface area contributed by atoms with Crippen LogP contribution in [0.25, 0.3) is 16.7 Å². The average Bonchev–Trinajstić information content (AvgIpc) is 3.24. The lowest BCUT2D eigenvalue weighted by atomic mass is 10.1. The first-order chi connectivity index (χ1) is 16.3. The van der Waals surface area contributed by atoms with Crippen LogP contribution in [0.3, 0.4) is 0 Å². The third-order valence-corrected chi connectivity index (χ3v) is 6.57. The van der Waals surface area contributed by atoms with E-state index in [0.717, 1.165) is 10.9 Å². The van der Waals surface area contributed by atoms with Crippen LogP contribution in [0.4, 0.5) is 5.82 Å². The number of methoxy groups -OCH3 is 3. The smallest absolute Gasteiger partial charge is 0.266 e. The molecule has 174 valence electrons. The van der Waals surface area contributed by atoms with Crippen LogP contribution in [0.2, 0.25) is 0 Å². The van der Waals surface area contributed by atoms with E-state index in [9.17, 15) is 13.7 Å². The highest BCUT2D eigenvalue weighted by atomic mass is 32.2.